The zero-order valence-corrected chi connectivity index (χ0v) is 30.5. The standard InChI is InChI=1S/C21H18N6.C18H18N6.C2H6/c1-13-6-5-7-14(10-13)24-20-18-15(11-27(2)21(18)23-12-22-20)19-25-16-8-3-4-9-17(16)26-19;1-24-9-12(16-22-13-7-2-3-8-14(13)23-16)15-17(19-10-20-18(15)24)21-11-5-4-6-11;1-2/h3-12H,1-2H3,(H,25,26)(H,22,23,24);2-3,7-11H,4-6H2,1H3,(H,22,23)(H,19,20,21);1-2H3. The SMILES string of the molecule is CC.Cc1cccc(Nc2ncnc3c2c(-c2nc4ccccc4[nH]2)cn3C)c1.Cn1cc(-c2nc3ccccc3[nH]2)c2c(NC3CCC3)ncnc21. The van der Waals surface area contributed by atoms with E-state index in [4.69, 9.17) is 9.97 Å². The van der Waals surface area contributed by atoms with Crippen LogP contribution in [0.2, 0.25) is 0 Å². The van der Waals surface area contributed by atoms with Crippen LogP contribution in [0.15, 0.2) is 97.8 Å². The number of rotatable bonds is 6. The number of benzene rings is 3. The molecule has 1 aliphatic carbocycles. The number of hydrogen-bond acceptors (Lipinski definition) is 8. The van der Waals surface area contributed by atoms with Crippen LogP contribution < -0.4 is 10.6 Å². The van der Waals surface area contributed by atoms with Gasteiger partial charge in [-0.1, -0.05) is 50.2 Å². The molecular formula is C41H42N12. The van der Waals surface area contributed by atoms with Gasteiger partial charge in [0.05, 0.1) is 32.8 Å². The molecule has 266 valence electrons. The Bertz CT molecular complexity index is 2630. The van der Waals surface area contributed by atoms with Crippen LogP contribution in [0, 0.1) is 6.92 Å². The Morgan fingerprint density at radius 3 is 1.74 bits per heavy atom. The Morgan fingerprint density at radius 2 is 1.21 bits per heavy atom. The largest absolute Gasteiger partial charge is 0.367 e. The number of para-hydroxylation sites is 4. The Kier molecular flexibility index (Phi) is 9.01. The maximum Gasteiger partial charge on any atom is 0.145 e. The minimum atomic E-state index is 0.520. The fraction of sp³-hybridized carbons (Fsp3) is 0.220. The van der Waals surface area contributed by atoms with Gasteiger partial charge < -0.3 is 29.7 Å². The van der Waals surface area contributed by atoms with Gasteiger partial charge in [-0.05, 0) is 68.1 Å². The molecule has 6 aromatic heterocycles. The van der Waals surface area contributed by atoms with Crippen molar-refractivity contribution in [3.8, 4) is 22.8 Å². The van der Waals surface area contributed by atoms with Crippen molar-refractivity contribution in [2.24, 2.45) is 14.1 Å². The van der Waals surface area contributed by atoms with Crippen molar-refractivity contribution in [3.63, 3.8) is 0 Å². The quantitative estimate of drug-likeness (QED) is 0.134. The highest BCUT2D eigenvalue weighted by Gasteiger charge is 2.22. The molecule has 12 heteroatoms. The molecule has 3 aromatic carbocycles. The number of hydrogen-bond donors (Lipinski definition) is 4. The second kappa shape index (κ2) is 14.2. The van der Waals surface area contributed by atoms with E-state index in [0.717, 1.165) is 84.2 Å². The predicted molar refractivity (Wildman–Crippen MR) is 214 cm³/mol. The lowest BCUT2D eigenvalue weighted by atomic mass is 9.93. The van der Waals surface area contributed by atoms with E-state index in [0.29, 0.717) is 6.04 Å². The van der Waals surface area contributed by atoms with Crippen LogP contribution in [-0.4, -0.2) is 55.0 Å². The smallest absolute Gasteiger partial charge is 0.145 e. The van der Waals surface area contributed by atoms with E-state index in [2.05, 4.69) is 65.8 Å². The molecule has 4 N–H and O–H groups in total. The Hall–Kier alpha value is -6.56. The molecule has 0 spiro atoms. The van der Waals surface area contributed by atoms with Gasteiger partial charge in [-0.3, -0.25) is 0 Å². The highest BCUT2D eigenvalue weighted by atomic mass is 15.1. The lowest BCUT2D eigenvalue weighted by Crippen LogP contribution is -2.27. The van der Waals surface area contributed by atoms with Crippen molar-refractivity contribution in [1.82, 2.24) is 49.0 Å². The first-order valence-electron chi connectivity index (χ1n) is 18.1. The lowest BCUT2D eigenvalue weighted by Gasteiger charge is -2.27. The maximum atomic E-state index is 4.76. The molecule has 1 fully saturated rings. The average Bonchev–Trinajstić information content (AvgIpc) is 3.94. The molecule has 10 rings (SSSR count). The summed E-state index contributed by atoms with van der Waals surface area (Å²) in [6.45, 7) is 6.07. The normalized spacial score (nSPS) is 12.7. The molecule has 0 unspecified atom stereocenters. The van der Waals surface area contributed by atoms with Gasteiger partial charge in [0, 0.05) is 49.3 Å². The van der Waals surface area contributed by atoms with E-state index in [9.17, 15) is 0 Å². The van der Waals surface area contributed by atoms with Gasteiger partial charge in [0.2, 0.25) is 0 Å². The van der Waals surface area contributed by atoms with Crippen molar-refractivity contribution in [2.45, 2.75) is 46.1 Å². The minimum Gasteiger partial charge on any atom is -0.367 e. The van der Waals surface area contributed by atoms with E-state index in [1.54, 1.807) is 12.7 Å². The number of aromatic nitrogens is 10. The lowest BCUT2D eigenvalue weighted by molar-refractivity contribution is 0.445. The van der Waals surface area contributed by atoms with E-state index in [-0.39, 0.29) is 0 Å². The Morgan fingerprint density at radius 1 is 0.660 bits per heavy atom. The van der Waals surface area contributed by atoms with Crippen LogP contribution >= 0.6 is 0 Å². The third-order valence-electron chi connectivity index (χ3n) is 9.52. The van der Waals surface area contributed by atoms with Gasteiger partial charge in [-0.2, -0.15) is 0 Å². The number of fused-ring (bicyclic) bond motifs is 4. The molecule has 0 aliphatic heterocycles. The van der Waals surface area contributed by atoms with Gasteiger partial charge in [0.25, 0.3) is 0 Å². The van der Waals surface area contributed by atoms with Crippen LogP contribution in [0.4, 0.5) is 17.3 Å². The summed E-state index contributed by atoms with van der Waals surface area (Å²) in [5, 5.41) is 8.99. The number of nitrogens with one attached hydrogen (secondary N) is 4. The summed E-state index contributed by atoms with van der Waals surface area (Å²) in [5.41, 5.74) is 9.92. The zero-order chi connectivity index (χ0) is 36.5. The first-order valence-corrected chi connectivity index (χ1v) is 18.1. The van der Waals surface area contributed by atoms with Crippen LogP contribution in [0.3, 0.4) is 0 Å². The fourth-order valence-electron chi connectivity index (χ4n) is 6.75. The summed E-state index contributed by atoms with van der Waals surface area (Å²) in [6.07, 6.45) is 11.0. The molecule has 0 amide bonds. The van der Waals surface area contributed by atoms with Crippen LogP contribution in [0.5, 0.6) is 0 Å². The van der Waals surface area contributed by atoms with Crippen LogP contribution in [-0.2, 0) is 14.1 Å². The van der Waals surface area contributed by atoms with Gasteiger partial charge in [-0.25, -0.2) is 29.9 Å². The topological polar surface area (TPSA) is 143 Å². The summed E-state index contributed by atoms with van der Waals surface area (Å²) >= 11 is 0. The van der Waals surface area contributed by atoms with Crippen LogP contribution in [0.1, 0.15) is 38.7 Å². The summed E-state index contributed by atoms with van der Waals surface area (Å²) in [5.74, 6) is 3.33. The van der Waals surface area contributed by atoms with E-state index in [1.165, 1.54) is 24.8 Å². The number of imidazole rings is 2. The fourth-order valence-corrected chi connectivity index (χ4v) is 6.75. The first-order chi connectivity index (χ1) is 26.0. The summed E-state index contributed by atoms with van der Waals surface area (Å²) in [7, 11) is 3.99. The van der Waals surface area contributed by atoms with Gasteiger partial charge in [0.1, 0.15) is 47.2 Å². The van der Waals surface area contributed by atoms with Gasteiger partial charge in [-0.15, -0.1) is 0 Å². The number of aryl methyl sites for hydroxylation is 3. The van der Waals surface area contributed by atoms with Gasteiger partial charge >= 0.3 is 0 Å². The number of H-pyrrole nitrogens is 2. The van der Waals surface area contributed by atoms with Crippen molar-refractivity contribution in [2.75, 3.05) is 10.6 Å². The third-order valence-corrected chi connectivity index (χ3v) is 9.52. The molecule has 1 aliphatic rings. The average molecular weight is 703 g/mol. The van der Waals surface area contributed by atoms with E-state index >= 15 is 0 Å². The number of anilines is 3. The highest BCUT2D eigenvalue weighted by molar-refractivity contribution is 6.02. The molecule has 0 bridgehead atoms. The molecule has 53 heavy (non-hydrogen) atoms. The molecule has 0 saturated heterocycles. The van der Waals surface area contributed by atoms with Crippen molar-refractivity contribution < 1.29 is 0 Å². The Balaban J connectivity index is 0.000000145. The molecule has 1 saturated carbocycles. The van der Waals surface area contributed by atoms with Crippen LogP contribution in [0.25, 0.3) is 66.9 Å². The molecule has 6 heterocycles. The van der Waals surface area contributed by atoms with E-state index in [1.807, 2.05) is 104 Å². The summed E-state index contributed by atoms with van der Waals surface area (Å²) in [6, 6.07) is 24.8. The summed E-state index contributed by atoms with van der Waals surface area (Å²) in [4.78, 5) is 34.3. The zero-order valence-electron chi connectivity index (χ0n) is 30.5. The molecule has 0 atom stereocenters. The highest BCUT2D eigenvalue weighted by Crippen LogP contribution is 2.36. The predicted octanol–water partition coefficient (Wildman–Crippen LogP) is 9.07. The molecule has 9 aromatic rings. The van der Waals surface area contributed by atoms with Crippen molar-refractivity contribution in [1.29, 1.82) is 0 Å². The third kappa shape index (κ3) is 6.43. The molecular weight excluding hydrogens is 661 g/mol. The molecule has 12 nitrogen and oxygen atoms in total. The van der Waals surface area contributed by atoms with Gasteiger partial charge in [0.15, 0.2) is 0 Å². The Labute approximate surface area is 306 Å². The number of nitrogens with zero attached hydrogens (tertiary/aromatic N) is 8. The second-order valence-corrected chi connectivity index (χ2v) is 13.1. The van der Waals surface area contributed by atoms with E-state index < -0.39 is 0 Å². The van der Waals surface area contributed by atoms with Crippen molar-refractivity contribution in [3.05, 3.63) is 103 Å². The number of aromatic amines is 2. The maximum absolute atomic E-state index is 4.76. The monoisotopic (exact) mass is 702 g/mol. The molecule has 0 radical (unpaired) electrons. The van der Waals surface area contributed by atoms with Crippen molar-refractivity contribution >= 4 is 61.5 Å². The first kappa shape index (κ1) is 33.6. The minimum absolute atomic E-state index is 0.520. The second-order valence-electron chi connectivity index (χ2n) is 13.1. The summed E-state index contributed by atoms with van der Waals surface area (Å²) < 4.78 is 4.03.